The molecule has 0 radical (unpaired) electrons. The zero-order valence-electron chi connectivity index (χ0n) is 19.7. The number of rotatable bonds is 9. The van der Waals surface area contributed by atoms with Crippen molar-refractivity contribution in [1.29, 1.82) is 0 Å². The van der Waals surface area contributed by atoms with Gasteiger partial charge in [0.1, 0.15) is 11.8 Å². The third-order valence-electron chi connectivity index (χ3n) is 5.19. The van der Waals surface area contributed by atoms with Crippen LogP contribution in [0.5, 0.6) is 5.75 Å². The van der Waals surface area contributed by atoms with Gasteiger partial charge >= 0.3 is 0 Å². The van der Waals surface area contributed by atoms with Crippen LogP contribution < -0.4 is 10.6 Å². The highest BCUT2D eigenvalue weighted by Gasteiger charge is 2.31. The summed E-state index contributed by atoms with van der Waals surface area (Å²) < 4.78 is 52.5. The minimum absolute atomic E-state index is 0.0973. The second-order valence-electron chi connectivity index (χ2n) is 7.97. The van der Waals surface area contributed by atoms with Crippen LogP contribution in [0.2, 0.25) is 0 Å². The van der Waals surface area contributed by atoms with E-state index in [0.717, 1.165) is 22.5 Å². The largest absolute Gasteiger partial charge is 0.504 e. The van der Waals surface area contributed by atoms with Gasteiger partial charge in [0, 0.05) is 18.5 Å². The van der Waals surface area contributed by atoms with Crippen molar-refractivity contribution in [1.82, 2.24) is 9.62 Å². The van der Waals surface area contributed by atoms with E-state index in [1.165, 1.54) is 9.69 Å². The fraction of sp³-hybridized carbons (Fsp3) is 0.429. The molecule has 0 fully saturated rings. The Morgan fingerprint density at radius 2 is 1.94 bits per heavy atom. The number of anilines is 1. The Balaban J connectivity index is 1.85. The SMILES string of the molecule is C=C(C)C(NC1=NS(=O)N=C1Nc1csc(S(=O)(=O)N(CC)CC)c1O)c1cc(C(C)C)co1. The summed E-state index contributed by atoms with van der Waals surface area (Å²) >= 11 is -1.000. The van der Waals surface area contributed by atoms with Crippen molar-refractivity contribution in [3.05, 3.63) is 41.2 Å². The van der Waals surface area contributed by atoms with Gasteiger partial charge in [-0.15, -0.1) is 20.1 Å². The van der Waals surface area contributed by atoms with Crippen molar-refractivity contribution >= 4 is 49.9 Å². The minimum atomic E-state index is -3.85. The number of aromatic hydroxyl groups is 1. The van der Waals surface area contributed by atoms with Crippen LogP contribution in [-0.2, 0) is 21.2 Å². The van der Waals surface area contributed by atoms with Crippen LogP contribution in [0.3, 0.4) is 0 Å². The van der Waals surface area contributed by atoms with E-state index in [-0.39, 0.29) is 40.6 Å². The second-order valence-corrected chi connectivity index (χ2v) is 11.8. The number of hydrogen-bond acceptors (Lipinski definition) is 8. The quantitative estimate of drug-likeness (QED) is 0.421. The maximum Gasteiger partial charge on any atom is 0.269 e. The Labute approximate surface area is 206 Å². The van der Waals surface area contributed by atoms with E-state index >= 15 is 0 Å². The summed E-state index contributed by atoms with van der Waals surface area (Å²) in [5.41, 5.74) is 1.88. The fourth-order valence-corrected chi connectivity index (χ4v) is 6.71. The Kier molecular flexibility index (Phi) is 8.01. The minimum Gasteiger partial charge on any atom is -0.504 e. The Bertz CT molecular complexity index is 1260. The summed E-state index contributed by atoms with van der Waals surface area (Å²) in [7, 11) is -3.85. The predicted octanol–water partition coefficient (Wildman–Crippen LogP) is 3.91. The topological polar surface area (TPSA) is 137 Å². The van der Waals surface area contributed by atoms with Crippen LogP contribution >= 0.6 is 11.3 Å². The van der Waals surface area contributed by atoms with Gasteiger partial charge in [-0.2, -0.15) is 4.31 Å². The molecule has 1 aliphatic heterocycles. The number of thiophene rings is 1. The van der Waals surface area contributed by atoms with E-state index in [2.05, 4.69) is 39.9 Å². The monoisotopic (exact) mass is 527 g/mol. The molecule has 3 rings (SSSR count). The van der Waals surface area contributed by atoms with Crippen LogP contribution in [-0.4, -0.2) is 46.8 Å². The molecule has 0 bridgehead atoms. The Hall–Kier alpha value is -2.48. The van der Waals surface area contributed by atoms with E-state index in [4.69, 9.17) is 4.42 Å². The van der Waals surface area contributed by atoms with Crippen molar-refractivity contribution in [2.24, 2.45) is 8.80 Å². The molecule has 2 atom stereocenters. The van der Waals surface area contributed by atoms with Crippen LogP contribution in [0, 0.1) is 0 Å². The molecular formula is C21H29N5O5S3. The summed E-state index contributed by atoms with van der Waals surface area (Å²) in [6.45, 7) is 13.9. The van der Waals surface area contributed by atoms with Gasteiger partial charge in [0.15, 0.2) is 21.6 Å². The van der Waals surface area contributed by atoms with Crippen molar-refractivity contribution in [2.75, 3.05) is 18.4 Å². The van der Waals surface area contributed by atoms with Crippen LogP contribution in [0.25, 0.3) is 0 Å². The average Bonchev–Trinajstić information content (AvgIpc) is 3.46. The highest BCUT2D eigenvalue weighted by Crippen LogP contribution is 2.39. The summed E-state index contributed by atoms with van der Waals surface area (Å²) in [6, 6.07) is 1.45. The van der Waals surface area contributed by atoms with Gasteiger partial charge in [-0.1, -0.05) is 39.8 Å². The molecule has 0 aliphatic carbocycles. The molecule has 0 saturated carbocycles. The molecule has 2 unspecified atom stereocenters. The molecule has 2 aromatic heterocycles. The molecule has 10 nitrogen and oxygen atoms in total. The van der Waals surface area contributed by atoms with Gasteiger partial charge in [0.25, 0.3) is 21.2 Å². The number of sulfonamides is 1. The molecule has 2 aromatic rings. The lowest BCUT2D eigenvalue weighted by Crippen LogP contribution is -2.36. The van der Waals surface area contributed by atoms with E-state index in [0.29, 0.717) is 5.76 Å². The third kappa shape index (κ3) is 5.27. The van der Waals surface area contributed by atoms with E-state index < -0.39 is 33.0 Å². The highest BCUT2D eigenvalue weighted by atomic mass is 32.2. The van der Waals surface area contributed by atoms with Crippen LogP contribution in [0.1, 0.15) is 57.9 Å². The molecule has 0 aromatic carbocycles. The number of amidine groups is 2. The number of hydrogen-bond donors (Lipinski definition) is 3. The lowest BCUT2D eigenvalue weighted by atomic mass is 10.0. The molecule has 3 heterocycles. The van der Waals surface area contributed by atoms with Crippen molar-refractivity contribution in [3.63, 3.8) is 0 Å². The van der Waals surface area contributed by atoms with Gasteiger partial charge in [-0.3, -0.25) is 0 Å². The molecule has 34 heavy (non-hydrogen) atoms. The van der Waals surface area contributed by atoms with E-state index in [1.54, 1.807) is 20.1 Å². The maximum atomic E-state index is 12.8. The molecule has 1 aliphatic rings. The van der Waals surface area contributed by atoms with Crippen LogP contribution in [0.15, 0.2) is 47.3 Å². The summed E-state index contributed by atoms with van der Waals surface area (Å²) in [5, 5.41) is 18.1. The molecule has 3 N–H and O–H groups in total. The molecule has 186 valence electrons. The molecule has 0 amide bonds. The Morgan fingerprint density at radius 3 is 2.50 bits per heavy atom. The lowest BCUT2D eigenvalue weighted by molar-refractivity contribution is 0.434. The van der Waals surface area contributed by atoms with E-state index in [9.17, 15) is 17.7 Å². The van der Waals surface area contributed by atoms with Gasteiger partial charge in [0.2, 0.25) is 0 Å². The van der Waals surface area contributed by atoms with Crippen LogP contribution in [0.4, 0.5) is 5.69 Å². The molecular weight excluding hydrogens is 498 g/mol. The van der Waals surface area contributed by atoms with Gasteiger partial charge in [0.05, 0.1) is 12.0 Å². The zero-order chi connectivity index (χ0) is 25.2. The zero-order valence-corrected chi connectivity index (χ0v) is 22.1. The average molecular weight is 528 g/mol. The first-order valence-corrected chi connectivity index (χ1v) is 14.0. The molecule has 0 saturated heterocycles. The third-order valence-corrected chi connectivity index (χ3v) is 9.41. The summed E-state index contributed by atoms with van der Waals surface area (Å²) in [6.07, 6.45) is 1.68. The smallest absolute Gasteiger partial charge is 0.269 e. The van der Waals surface area contributed by atoms with Gasteiger partial charge < -0.3 is 20.2 Å². The number of nitrogens with zero attached hydrogens (tertiary/aromatic N) is 3. The van der Waals surface area contributed by atoms with Crippen molar-refractivity contribution < 1.29 is 22.2 Å². The van der Waals surface area contributed by atoms with Crippen molar-refractivity contribution in [2.45, 2.75) is 50.8 Å². The van der Waals surface area contributed by atoms with Crippen molar-refractivity contribution in [3.8, 4) is 5.75 Å². The number of furan rings is 1. The standard InChI is InChI=1S/C21H29N5O5S3/c1-7-26(8-2)34(29,30)21-18(27)15(11-32-21)22-19-20(25-33(28)24-19)23-17(13(5)6)16-9-14(10-31-16)12(3)4/h9-12,17,27H,5,7-8H2,1-4,6H3,(H,22,24)(H,23,25). The van der Waals surface area contributed by atoms with Gasteiger partial charge in [-0.05, 0) is 24.5 Å². The predicted molar refractivity (Wildman–Crippen MR) is 136 cm³/mol. The van der Waals surface area contributed by atoms with E-state index in [1.807, 2.05) is 13.0 Å². The normalized spacial score (nSPS) is 17.1. The summed E-state index contributed by atoms with van der Waals surface area (Å²) in [4.78, 5) is 0. The fourth-order valence-electron chi connectivity index (χ4n) is 3.25. The first-order valence-electron chi connectivity index (χ1n) is 10.7. The first kappa shape index (κ1) is 26.1. The highest BCUT2D eigenvalue weighted by molar-refractivity contribution is 7.91. The molecule has 0 spiro atoms. The van der Waals surface area contributed by atoms with Gasteiger partial charge in [-0.25, -0.2) is 12.6 Å². The molecule has 13 heteroatoms. The maximum absolute atomic E-state index is 12.8. The second kappa shape index (κ2) is 10.4. The summed E-state index contributed by atoms with van der Waals surface area (Å²) in [5.74, 6) is 0.733. The Morgan fingerprint density at radius 1 is 1.29 bits per heavy atom. The first-order chi connectivity index (χ1) is 16.0. The lowest BCUT2D eigenvalue weighted by Gasteiger charge is -2.19. The number of nitrogens with one attached hydrogen (secondary N) is 2.